The summed E-state index contributed by atoms with van der Waals surface area (Å²) in [4.78, 5) is 10.5. The zero-order chi connectivity index (χ0) is 7.56. The van der Waals surface area contributed by atoms with Gasteiger partial charge in [-0.2, -0.15) is 0 Å². The molecule has 0 aromatic heterocycles. The van der Waals surface area contributed by atoms with E-state index in [4.69, 9.17) is 0 Å². The average molecular weight is 138 g/mol. The predicted molar refractivity (Wildman–Crippen MR) is 41.6 cm³/mol. The monoisotopic (exact) mass is 138 g/mol. The van der Waals surface area contributed by atoms with Crippen LogP contribution in [0.1, 0.15) is 20.3 Å². The maximum atomic E-state index is 10.5. The molecule has 3 atom stereocenters. The van der Waals surface area contributed by atoms with Gasteiger partial charge in [-0.25, -0.2) is 0 Å². The van der Waals surface area contributed by atoms with Crippen LogP contribution in [0.5, 0.6) is 0 Å². The van der Waals surface area contributed by atoms with Gasteiger partial charge < -0.3 is 4.79 Å². The Bertz CT molecular complexity index is 149. The molecule has 1 aliphatic rings. The molecule has 0 bridgehead atoms. The van der Waals surface area contributed by atoms with Gasteiger partial charge in [-0.1, -0.05) is 26.0 Å². The summed E-state index contributed by atoms with van der Waals surface area (Å²) in [5.74, 6) is 1.24. The standard InChI is InChI=1S/C9H14O/c1-7-4-3-5-8(2)9(7)6-10/h3-4,6-9H,5H2,1-2H3. The maximum Gasteiger partial charge on any atom is 0.123 e. The first-order valence-corrected chi connectivity index (χ1v) is 3.87. The van der Waals surface area contributed by atoms with Crippen molar-refractivity contribution in [1.82, 2.24) is 0 Å². The third kappa shape index (κ3) is 1.28. The first-order chi connectivity index (χ1) is 4.75. The number of aldehydes is 1. The summed E-state index contributed by atoms with van der Waals surface area (Å²) >= 11 is 0. The fourth-order valence-corrected chi connectivity index (χ4v) is 1.57. The minimum absolute atomic E-state index is 0.255. The van der Waals surface area contributed by atoms with Crippen LogP contribution in [0.25, 0.3) is 0 Å². The zero-order valence-electron chi connectivity index (χ0n) is 6.58. The molecule has 10 heavy (non-hydrogen) atoms. The lowest BCUT2D eigenvalue weighted by atomic mass is 9.79. The SMILES string of the molecule is CC1C=CCC(C)C1C=O. The van der Waals surface area contributed by atoms with Gasteiger partial charge in [0.05, 0.1) is 0 Å². The summed E-state index contributed by atoms with van der Waals surface area (Å²) in [6, 6.07) is 0. The number of carbonyl (C=O) groups excluding carboxylic acids is 1. The van der Waals surface area contributed by atoms with E-state index in [2.05, 4.69) is 26.0 Å². The van der Waals surface area contributed by atoms with Gasteiger partial charge in [0.25, 0.3) is 0 Å². The molecule has 0 saturated heterocycles. The van der Waals surface area contributed by atoms with Crippen LogP contribution in [0, 0.1) is 17.8 Å². The molecule has 0 radical (unpaired) electrons. The summed E-state index contributed by atoms with van der Waals surface area (Å²) in [5, 5.41) is 0. The summed E-state index contributed by atoms with van der Waals surface area (Å²) in [6.07, 6.45) is 6.47. The Labute approximate surface area is 62.1 Å². The van der Waals surface area contributed by atoms with Gasteiger partial charge in [0.2, 0.25) is 0 Å². The van der Waals surface area contributed by atoms with Crippen LogP contribution in [-0.4, -0.2) is 6.29 Å². The highest BCUT2D eigenvalue weighted by molar-refractivity contribution is 5.55. The number of carbonyl (C=O) groups is 1. The molecule has 56 valence electrons. The second-order valence-corrected chi connectivity index (χ2v) is 3.21. The number of hydrogen-bond donors (Lipinski definition) is 0. The lowest BCUT2D eigenvalue weighted by Crippen LogP contribution is -2.22. The second kappa shape index (κ2) is 3.00. The molecule has 0 aromatic carbocycles. The molecule has 0 heterocycles. The Morgan fingerprint density at radius 3 is 2.60 bits per heavy atom. The number of hydrogen-bond acceptors (Lipinski definition) is 1. The minimum Gasteiger partial charge on any atom is -0.303 e. The Morgan fingerprint density at radius 2 is 2.20 bits per heavy atom. The van der Waals surface area contributed by atoms with Crippen molar-refractivity contribution in [2.75, 3.05) is 0 Å². The van der Waals surface area contributed by atoms with Crippen LogP contribution in [-0.2, 0) is 4.79 Å². The third-order valence-electron chi connectivity index (χ3n) is 2.37. The van der Waals surface area contributed by atoms with Gasteiger partial charge in [0.1, 0.15) is 6.29 Å². The normalized spacial score (nSPS) is 39.6. The third-order valence-corrected chi connectivity index (χ3v) is 2.37. The van der Waals surface area contributed by atoms with Crippen LogP contribution in [0.2, 0.25) is 0 Å². The summed E-state index contributed by atoms with van der Waals surface area (Å²) in [5.41, 5.74) is 0. The van der Waals surface area contributed by atoms with Crippen LogP contribution in [0.15, 0.2) is 12.2 Å². The van der Waals surface area contributed by atoms with E-state index in [1.165, 1.54) is 0 Å². The molecule has 0 aromatic rings. The Kier molecular flexibility index (Phi) is 2.25. The lowest BCUT2D eigenvalue weighted by Gasteiger charge is -2.25. The van der Waals surface area contributed by atoms with E-state index >= 15 is 0 Å². The molecule has 1 aliphatic carbocycles. The largest absolute Gasteiger partial charge is 0.303 e. The average Bonchev–Trinajstić information content (AvgIpc) is 1.88. The molecule has 0 fully saturated rings. The number of rotatable bonds is 1. The lowest BCUT2D eigenvalue weighted by molar-refractivity contribution is -0.113. The summed E-state index contributed by atoms with van der Waals surface area (Å²) < 4.78 is 0. The van der Waals surface area contributed by atoms with E-state index in [-0.39, 0.29) is 5.92 Å². The molecule has 0 spiro atoms. The van der Waals surface area contributed by atoms with E-state index in [0.717, 1.165) is 12.7 Å². The molecule has 1 nitrogen and oxygen atoms in total. The van der Waals surface area contributed by atoms with Crippen molar-refractivity contribution in [1.29, 1.82) is 0 Å². The maximum absolute atomic E-state index is 10.5. The highest BCUT2D eigenvalue weighted by Gasteiger charge is 2.23. The van der Waals surface area contributed by atoms with Gasteiger partial charge in [-0.05, 0) is 18.3 Å². The van der Waals surface area contributed by atoms with E-state index in [1.807, 2.05) is 0 Å². The molecule has 1 heteroatoms. The van der Waals surface area contributed by atoms with E-state index in [9.17, 15) is 4.79 Å². The first kappa shape index (κ1) is 7.52. The van der Waals surface area contributed by atoms with Crippen LogP contribution >= 0.6 is 0 Å². The smallest absolute Gasteiger partial charge is 0.123 e. The second-order valence-electron chi connectivity index (χ2n) is 3.21. The van der Waals surface area contributed by atoms with Crippen molar-refractivity contribution in [2.24, 2.45) is 17.8 Å². The van der Waals surface area contributed by atoms with Crippen molar-refractivity contribution in [3.8, 4) is 0 Å². The zero-order valence-corrected chi connectivity index (χ0v) is 6.58. The van der Waals surface area contributed by atoms with Gasteiger partial charge in [0, 0.05) is 5.92 Å². The fraction of sp³-hybridized carbons (Fsp3) is 0.667. The van der Waals surface area contributed by atoms with Crippen molar-refractivity contribution < 1.29 is 4.79 Å². The highest BCUT2D eigenvalue weighted by Crippen LogP contribution is 2.27. The van der Waals surface area contributed by atoms with E-state index < -0.39 is 0 Å². The van der Waals surface area contributed by atoms with Crippen molar-refractivity contribution in [3.63, 3.8) is 0 Å². The minimum atomic E-state index is 0.255. The van der Waals surface area contributed by atoms with Crippen LogP contribution in [0.3, 0.4) is 0 Å². The highest BCUT2D eigenvalue weighted by atomic mass is 16.1. The molecule has 0 saturated carbocycles. The van der Waals surface area contributed by atoms with Gasteiger partial charge >= 0.3 is 0 Å². The fourth-order valence-electron chi connectivity index (χ4n) is 1.57. The van der Waals surface area contributed by atoms with Crippen LogP contribution < -0.4 is 0 Å². The van der Waals surface area contributed by atoms with Gasteiger partial charge in [-0.3, -0.25) is 0 Å². The van der Waals surface area contributed by atoms with Gasteiger partial charge in [0.15, 0.2) is 0 Å². The Balaban J connectivity index is 2.67. The van der Waals surface area contributed by atoms with Gasteiger partial charge in [-0.15, -0.1) is 0 Å². The molecule has 1 rings (SSSR count). The molecule has 3 unspecified atom stereocenters. The first-order valence-electron chi connectivity index (χ1n) is 3.87. The molecule has 0 N–H and O–H groups in total. The molecule has 0 aliphatic heterocycles. The predicted octanol–water partition coefficient (Wildman–Crippen LogP) is 2.03. The topological polar surface area (TPSA) is 17.1 Å². The molecular weight excluding hydrogens is 124 g/mol. The van der Waals surface area contributed by atoms with Crippen molar-refractivity contribution in [3.05, 3.63) is 12.2 Å². The van der Waals surface area contributed by atoms with E-state index in [0.29, 0.717) is 11.8 Å². The van der Waals surface area contributed by atoms with E-state index in [1.54, 1.807) is 0 Å². The van der Waals surface area contributed by atoms with Crippen molar-refractivity contribution in [2.45, 2.75) is 20.3 Å². The van der Waals surface area contributed by atoms with Crippen LogP contribution in [0.4, 0.5) is 0 Å². The Morgan fingerprint density at radius 1 is 1.50 bits per heavy atom. The molecule has 0 amide bonds. The van der Waals surface area contributed by atoms with Crippen molar-refractivity contribution >= 4 is 6.29 Å². The number of allylic oxidation sites excluding steroid dienone is 2. The summed E-state index contributed by atoms with van der Waals surface area (Å²) in [7, 11) is 0. The summed E-state index contributed by atoms with van der Waals surface area (Å²) in [6.45, 7) is 4.24. The quantitative estimate of drug-likeness (QED) is 0.400. The molecular formula is C9H14O. The Hall–Kier alpha value is -0.590.